The fourth-order valence-electron chi connectivity index (χ4n) is 2.00. The predicted molar refractivity (Wildman–Crippen MR) is 99.4 cm³/mol. The number of rotatable bonds is 4. The first kappa shape index (κ1) is 17.9. The second kappa shape index (κ2) is 8.42. The van der Waals surface area contributed by atoms with E-state index in [1.165, 1.54) is 0 Å². The van der Waals surface area contributed by atoms with Gasteiger partial charge in [-0.05, 0) is 48.1 Å². The third-order valence-electron chi connectivity index (χ3n) is 3.14. The smallest absolute Gasteiger partial charge is 0.251 e. The van der Waals surface area contributed by atoms with Crippen LogP contribution in [-0.2, 0) is 11.2 Å². The van der Waals surface area contributed by atoms with Crippen molar-refractivity contribution in [3.8, 4) is 0 Å². The van der Waals surface area contributed by atoms with Gasteiger partial charge in [0.25, 0.3) is 5.91 Å². The summed E-state index contributed by atoms with van der Waals surface area (Å²) in [6, 6.07) is 13.8. The van der Waals surface area contributed by atoms with E-state index in [0.717, 1.165) is 5.56 Å². The summed E-state index contributed by atoms with van der Waals surface area (Å²) in [6.07, 6.45) is 0.192. The fraction of sp³-hybridized carbons (Fsp3) is 0.118. The number of anilines is 1. The normalized spacial score (nSPS) is 9.92. The summed E-state index contributed by atoms with van der Waals surface area (Å²) in [5.41, 5.74) is 1.95. The lowest BCUT2D eigenvalue weighted by molar-refractivity contribution is -0.119. The Hall–Kier alpha value is -2.44. The number of benzene rings is 2. The van der Waals surface area contributed by atoms with E-state index in [1.54, 1.807) is 55.6 Å². The molecule has 2 aromatic carbocycles. The molecule has 0 aliphatic heterocycles. The zero-order chi connectivity index (χ0) is 17.5. The Balaban J connectivity index is 1.91. The summed E-state index contributed by atoms with van der Waals surface area (Å²) >= 11 is 10.9. The fourth-order valence-corrected chi connectivity index (χ4v) is 2.36. The molecule has 2 amide bonds. The molecular weight excluding hydrogens is 346 g/mol. The van der Waals surface area contributed by atoms with Crippen molar-refractivity contribution in [3.05, 3.63) is 64.7 Å². The largest absolute Gasteiger partial charge is 0.355 e. The Labute approximate surface area is 150 Å². The zero-order valence-electron chi connectivity index (χ0n) is 12.9. The van der Waals surface area contributed by atoms with Crippen LogP contribution in [0.3, 0.4) is 0 Å². The van der Waals surface area contributed by atoms with Crippen molar-refractivity contribution in [2.75, 3.05) is 12.4 Å². The van der Waals surface area contributed by atoms with Crippen LogP contribution < -0.4 is 16.0 Å². The van der Waals surface area contributed by atoms with Crippen molar-refractivity contribution in [2.24, 2.45) is 0 Å². The van der Waals surface area contributed by atoms with Crippen LogP contribution >= 0.6 is 23.8 Å². The van der Waals surface area contributed by atoms with Crippen molar-refractivity contribution >= 4 is 46.4 Å². The van der Waals surface area contributed by atoms with E-state index >= 15 is 0 Å². The average Bonchev–Trinajstić information content (AvgIpc) is 2.56. The average molecular weight is 362 g/mol. The van der Waals surface area contributed by atoms with E-state index in [1.807, 2.05) is 0 Å². The first-order valence-corrected chi connectivity index (χ1v) is 7.94. The molecule has 0 aliphatic carbocycles. The standard InChI is InChI=1S/C17H16ClN3O2S/c1-19-16(23)12-3-2-4-14(10-12)20-17(24)21-15(22)9-11-5-7-13(18)8-6-11/h2-8,10H,9H2,1H3,(H,19,23)(H2,20,21,22,24). The highest BCUT2D eigenvalue weighted by molar-refractivity contribution is 7.80. The third kappa shape index (κ3) is 5.33. The molecule has 2 aromatic rings. The van der Waals surface area contributed by atoms with Crippen LogP contribution in [0.5, 0.6) is 0 Å². The summed E-state index contributed by atoms with van der Waals surface area (Å²) in [5.74, 6) is -0.436. The molecule has 0 atom stereocenters. The maximum Gasteiger partial charge on any atom is 0.251 e. The lowest BCUT2D eigenvalue weighted by Gasteiger charge is -2.10. The van der Waals surface area contributed by atoms with Crippen LogP contribution in [-0.4, -0.2) is 24.0 Å². The molecule has 3 N–H and O–H groups in total. The zero-order valence-corrected chi connectivity index (χ0v) is 14.5. The molecule has 124 valence electrons. The minimum atomic E-state index is -0.239. The minimum absolute atomic E-state index is 0.169. The van der Waals surface area contributed by atoms with Gasteiger partial charge in [-0.1, -0.05) is 29.8 Å². The van der Waals surface area contributed by atoms with Crippen LogP contribution in [0.4, 0.5) is 5.69 Å². The van der Waals surface area contributed by atoms with E-state index in [4.69, 9.17) is 23.8 Å². The highest BCUT2D eigenvalue weighted by atomic mass is 35.5. The van der Waals surface area contributed by atoms with Gasteiger partial charge in [-0.3, -0.25) is 9.59 Å². The number of amides is 2. The number of thiocarbonyl (C=S) groups is 1. The Kier molecular flexibility index (Phi) is 6.28. The predicted octanol–water partition coefficient (Wildman–Crippen LogP) is 2.76. The Morgan fingerprint density at radius 2 is 1.83 bits per heavy atom. The minimum Gasteiger partial charge on any atom is -0.355 e. The Bertz CT molecular complexity index is 763. The molecular formula is C17H16ClN3O2S. The number of carbonyl (C=O) groups excluding carboxylic acids is 2. The lowest BCUT2D eigenvalue weighted by atomic mass is 10.1. The number of halogens is 1. The summed E-state index contributed by atoms with van der Waals surface area (Å²) in [4.78, 5) is 23.6. The highest BCUT2D eigenvalue weighted by Gasteiger charge is 2.08. The molecule has 5 nitrogen and oxygen atoms in total. The van der Waals surface area contributed by atoms with Gasteiger partial charge in [0, 0.05) is 23.3 Å². The Morgan fingerprint density at radius 3 is 2.50 bits per heavy atom. The molecule has 0 heterocycles. The van der Waals surface area contributed by atoms with E-state index < -0.39 is 0 Å². The molecule has 2 rings (SSSR count). The van der Waals surface area contributed by atoms with E-state index in [0.29, 0.717) is 16.3 Å². The second-order valence-electron chi connectivity index (χ2n) is 4.97. The number of hydrogen-bond donors (Lipinski definition) is 3. The first-order valence-electron chi connectivity index (χ1n) is 7.15. The molecule has 0 fully saturated rings. The molecule has 0 aliphatic rings. The van der Waals surface area contributed by atoms with Crippen LogP contribution in [0.1, 0.15) is 15.9 Å². The van der Waals surface area contributed by atoms with Crippen LogP contribution in [0.15, 0.2) is 48.5 Å². The lowest BCUT2D eigenvalue weighted by Crippen LogP contribution is -2.35. The molecule has 0 aromatic heterocycles. The van der Waals surface area contributed by atoms with Gasteiger partial charge in [0.1, 0.15) is 0 Å². The van der Waals surface area contributed by atoms with Gasteiger partial charge in [-0.15, -0.1) is 0 Å². The van der Waals surface area contributed by atoms with E-state index in [2.05, 4.69) is 16.0 Å². The molecule has 24 heavy (non-hydrogen) atoms. The topological polar surface area (TPSA) is 70.2 Å². The molecule has 0 saturated carbocycles. The van der Waals surface area contributed by atoms with Crippen molar-refractivity contribution in [2.45, 2.75) is 6.42 Å². The SMILES string of the molecule is CNC(=O)c1cccc(NC(=S)NC(=O)Cc2ccc(Cl)cc2)c1. The quantitative estimate of drug-likeness (QED) is 0.732. The summed E-state index contributed by atoms with van der Waals surface area (Å²) in [6.45, 7) is 0. The number of carbonyl (C=O) groups is 2. The molecule has 0 saturated heterocycles. The Morgan fingerprint density at radius 1 is 1.12 bits per heavy atom. The number of hydrogen-bond acceptors (Lipinski definition) is 3. The molecule has 7 heteroatoms. The van der Waals surface area contributed by atoms with Crippen molar-refractivity contribution < 1.29 is 9.59 Å². The van der Waals surface area contributed by atoms with Gasteiger partial charge in [0.15, 0.2) is 5.11 Å². The maximum absolute atomic E-state index is 12.0. The van der Waals surface area contributed by atoms with Crippen molar-refractivity contribution in [1.82, 2.24) is 10.6 Å². The second-order valence-corrected chi connectivity index (χ2v) is 5.81. The van der Waals surface area contributed by atoms with Gasteiger partial charge >= 0.3 is 0 Å². The molecule has 0 spiro atoms. The maximum atomic E-state index is 12.0. The van der Waals surface area contributed by atoms with Crippen LogP contribution in [0.2, 0.25) is 5.02 Å². The van der Waals surface area contributed by atoms with E-state index in [9.17, 15) is 9.59 Å². The van der Waals surface area contributed by atoms with Crippen molar-refractivity contribution in [1.29, 1.82) is 0 Å². The van der Waals surface area contributed by atoms with Gasteiger partial charge in [0.2, 0.25) is 5.91 Å². The van der Waals surface area contributed by atoms with Crippen LogP contribution in [0, 0.1) is 0 Å². The summed E-state index contributed by atoms with van der Waals surface area (Å²) in [5, 5.41) is 8.82. The third-order valence-corrected chi connectivity index (χ3v) is 3.60. The van der Waals surface area contributed by atoms with Gasteiger partial charge < -0.3 is 16.0 Å². The molecule has 0 radical (unpaired) electrons. The highest BCUT2D eigenvalue weighted by Crippen LogP contribution is 2.11. The number of nitrogens with one attached hydrogen (secondary N) is 3. The van der Waals surface area contributed by atoms with Gasteiger partial charge in [0.05, 0.1) is 6.42 Å². The molecule has 0 bridgehead atoms. The summed E-state index contributed by atoms with van der Waals surface area (Å²) < 4.78 is 0. The van der Waals surface area contributed by atoms with E-state index in [-0.39, 0.29) is 23.3 Å². The summed E-state index contributed by atoms with van der Waals surface area (Å²) in [7, 11) is 1.56. The van der Waals surface area contributed by atoms with Gasteiger partial charge in [-0.25, -0.2) is 0 Å². The van der Waals surface area contributed by atoms with Crippen LogP contribution in [0.25, 0.3) is 0 Å². The first-order chi connectivity index (χ1) is 11.5. The monoisotopic (exact) mass is 361 g/mol. The van der Waals surface area contributed by atoms with Gasteiger partial charge in [-0.2, -0.15) is 0 Å². The molecule has 0 unspecified atom stereocenters. The van der Waals surface area contributed by atoms with Crippen molar-refractivity contribution in [3.63, 3.8) is 0 Å².